The van der Waals surface area contributed by atoms with Crippen molar-refractivity contribution in [2.75, 3.05) is 0 Å². The Morgan fingerprint density at radius 2 is 1.69 bits per heavy atom. The highest BCUT2D eigenvalue weighted by Gasteiger charge is 2.02. The van der Waals surface area contributed by atoms with Crippen LogP contribution in [0.5, 0.6) is 0 Å². The molecule has 90 valence electrons. The highest BCUT2D eigenvalue weighted by molar-refractivity contribution is 6.18. The smallest absolute Gasteiger partial charge is 0.0477 e. The van der Waals surface area contributed by atoms with E-state index in [2.05, 4.69) is 25.1 Å². The Morgan fingerprint density at radius 1 is 0.938 bits per heavy atom. The first-order valence-electron chi connectivity index (χ1n) is 6.04. The SMILES string of the molecule is CCCCCCc1ccc(CCl)c(CCl)c1. The van der Waals surface area contributed by atoms with E-state index in [1.807, 2.05) is 0 Å². The Bertz CT molecular complexity index is 308. The van der Waals surface area contributed by atoms with Gasteiger partial charge in [-0.3, -0.25) is 0 Å². The average molecular weight is 259 g/mol. The quantitative estimate of drug-likeness (QED) is 0.461. The van der Waals surface area contributed by atoms with E-state index in [0.717, 1.165) is 12.0 Å². The molecule has 0 aliphatic heterocycles. The summed E-state index contributed by atoms with van der Waals surface area (Å²) in [6, 6.07) is 6.50. The van der Waals surface area contributed by atoms with Crippen LogP contribution in [-0.4, -0.2) is 0 Å². The van der Waals surface area contributed by atoms with Crippen molar-refractivity contribution in [2.45, 2.75) is 50.8 Å². The first-order valence-corrected chi connectivity index (χ1v) is 7.11. The third-order valence-electron chi connectivity index (χ3n) is 2.88. The van der Waals surface area contributed by atoms with Crippen LogP contribution < -0.4 is 0 Å². The molecule has 0 atom stereocenters. The minimum atomic E-state index is 0.554. The Balaban J connectivity index is 2.54. The van der Waals surface area contributed by atoms with Gasteiger partial charge in [-0.1, -0.05) is 44.4 Å². The van der Waals surface area contributed by atoms with Crippen LogP contribution in [0.4, 0.5) is 0 Å². The Kier molecular flexibility index (Phi) is 6.91. The fourth-order valence-corrected chi connectivity index (χ4v) is 2.35. The molecule has 1 aromatic rings. The Morgan fingerprint density at radius 3 is 2.31 bits per heavy atom. The molecule has 0 amide bonds. The van der Waals surface area contributed by atoms with Crippen molar-refractivity contribution in [3.05, 3.63) is 34.9 Å². The molecule has 1 rings (SSSR count). The van der Waals surface area contributed by atoms with Crippen LogP contribution in [0.3, 0.4) is 0 Å². The first-order chi connectivity index (χ1) is 7.81. The van der Waals surface area contributed by atoms with Gasteiger partial charge in [-0.2, -0.15) is 0 Å². The number of hydrogen-bond donors (Lipinski definition) is 0. The summed E-state index contributed by atoms with van der Waals surface area (Å²) in [4.78, 5) is 0. The van der Waals surface area contributed by atoms with E-state index in [9.17, 15) is 0 Å². The van der Waals surface area contributed by atoms with Crippen molar-refractivity contribution < 1.29 is 0 Å². The standard InChI is InChI=1S/C14H20Cl2/c1-2-3-4-5-6-12-7-8-13(10-15)14(9-12)11-16/h7-9H,2-6,10-11H2,1H3. The molecule has 16 heavy (non-hydrogen) atoms. The van der Waals surface area contributed by atoms with Gasteiger partial charge >= 0.3 is 0 Å². The fraction of sp³-hybridized carbons (Fsp3) is 0.571. The number of benzene rings is 1. The van der Waals surface area contributed by atoms with E-state index < -0.39 is 0 Å². The second kappa shape index (κ2) is 7.97. The van der Waals surface area contributed by atoms with Gasteiger partial charge in [-0.05, 0) is 29.5 Å². The van der Waals surface area contributed by atoms with Gasteiger partial charge in [-0.15, -0.1) is 23.2 Å². The van der Waals surface area contributed by atoms with Crippen LogP contribution in [-0.2, 0) is 18.2 Å². The summed E-state index contributed by atoms with van der Waals surface area (Å²) in [6.07, 6.45) is 6.38. The molecule has 0 saturated carbocycles. The third kappa shape index (κ3) is 4.35. The number of hydrogen-bond acceptors (Lipinski definition) is 0. The van der Waals surface area contributed by atoms with Crippen molar-refractivity contribution in [3.63, 3.8) is 0 Å². The van der Waals surface area contributed by atoms with E-state index in [-0.39, 0.29) is 0 Å². The molecule has 0 spiro atoms. The van der Waals surface area contributed by atoms with E-state index in [0.29, 0.717) is 11.8 Å². The lowest BCUT2D eigenvalue weighted by atomic mass is 10.0. The summed E-state index contributed by atoms with van der Waals surface area (Å²) in [6.45, 7) is 2.24. The number of halogens is 2. The highest BCUT2D eigenvalue weighted by atomic mass is 35.5. The second-order valence-electron chi connectivity index (χ2n) is 4.18. The van der Waals surface area contributed by atoms with Crippen LogP contribution in [0.2, 0.25) is 0 Å². The van der Waals surface area contributed by atoms with Crippen molar-refractivity contribution in [1.29, 1.82) is 0 Å². The zero-order chi connectivity index (χ0) is 11.8. The monoisotopic (exact) mass is 258 g/mol. The summed E-state index contributed by atoms with van der Waals surface area (Å²) in [7, 11) is 0. The first kappa shape index (κ1) is 13.9. The molecule has 0 aromatic heterocycles. The van der Waals surface area contributed by atoms with Gasteiger partial charge in [0.05, 0.1) is 0 Å². The average Bonchev–Trinajstić information content (AvgIpc) is 2.34. The highest BCUT2D eigenvalue weighted by Crippen LogP contribution is 2.18. The fourth-order valence-electron chi connectivity index (χ4n) is 1.85. The largest absolute Gasteiger partial charge is 0.122 e. The van der Waals surface area contributed by atoms with E-state index in [1.54, 1.807) is 0 Å². The lowest BCUT2D eigenvalue weighted by Crippen LogP contribution is -1.93. The predicted octanol–water partition coefficient (Wildman–Crippen LogP) is 5.29. The Hall–Kier alpha value is -0.200. The number of aryl methyl sites for hydroxylation is 1. The normalized spacial score (nSPS) is 10.7. The summed E-state index contributed by atoms with van der Waals surface area (Å²) in [5, 5.41) is 0. The molecule has 0 fully saturated rings. The van der Waals surface area contributed by atoms with Crippen LogP contribution in [0.15, 0.2) is 18.2 Å². The topological polar surface area (TPSA) is 0 Å². The van der Waals surface area contributed by atoms with E-state index in [4.69, 9.17) is 23.2 Å². The van der Waals surface area contributed by atoms with Gasteiger partial charge in [0.15, 0.2) is 0 Å². The molecule has 0 aliphatic rings. The zero-order valence-electron chi connectivity index (χ0n) is 9.94. The molecule has 0 saturated heterocycles. The minimum absolute atomic E-state index is 0.554. The van der Waals surface area contributed by atoms with Crippen molar-refractivity contribution >= 4 is 23.2 Å². The molecule has 0 bridgehead atoms. The Labute approximate surface area is 109 Å². The van der Waals surface area contributed by atoms with Crippen molar-refractivity contribution in [3.8, 4) is 0 Å². The summed E-state index contributed by atoms with van der Waals surface area (Å²) in [5.41, 5.74) is 3.74. The van der Waals surface area contributed by atoms with E-state index >= 15 is 0 Å². The summed E-state index contributed by atoms with van der Waals surface area (Å²) < 4.78 is 0. The summed E-state index contributed by atoms with van der Waals surface area (Å²) >= 11 is 11.8. The van der Waals surface area contributed by atoms with Crippen LogP contribution in [0.25, 0.3) is 0 Å². The number of alkyl halides is 2. The lowest BCUT2D eigenvalue weighted by Gasteiger charge is -2.07. The third-order valence-corrected chi connectivity index (χ3v) is 3.45. The molecule has 0 radical (unpaired) electrons. The summed E-state index contributed by atoms with van der Waals surface area (Å²) in [5.74, 6) is 1.11. The van der Waals surface area contributed by atoms with Gasteiger partial charge in [0.2, 0.25) is 0 Å². The number of unbranched alkanes of at least 4 members (excludes halogenated alkanes) is 3. The van der Waals surface area contributed by atoms with E-state index in [1.165, 1.54) is 36.8 Å². The van der Waals surface area contributed by atoms with Gasteiger partial charge in [-0.25, -0.2) is 0 Å². The molecular weight excluding hydrogens is 239 g/mol. The zero-order valence-corrected chi connectivity index (χ0v) is 11.4. The van der Waals surface area contributed by atoms with Crippen LogP contribution >= 0.6 is 23.2 Å². The molecule has 2 heteroatoms. The van der Waals surface area contributed by atoms with Gasteiger partial charge < -0.3 is 0 Å². The molecular formula is C14H20Cl2. The maximum absolute atomic E-state index is 5.91. The second-order valence-corrected chi connectivity index (χ2v) is 4.72. The molecule has 0 heterocycles. The number of rotatable bonds is 7. The molecule has 0 aliphatic carbocycles. The van der Waals surface area contributed by atoms with Crippen molar-refractivity contribution in [1.82, 2.24) is 0 Å². The van der Waals surface area contributed by atoms with Gasteiger partial charge in [0.25, 0.3) is 0 Å². The molecule has 0 unspecified atom stereocenters. The van der Waals surface area contributed by atoms with Crippen molar-refractivity contribution in [2.24, 2.45) is 0 Å². The maximum atomic E-state index is 5.91. The maximum Gasteiger partial charge on any atom is 0.0477 e. The molecule has 1 aromatic carbocycles. The van der Waals surface area contributed by atoms with Crippen LogP contribution in [0, 0.1) is 0 Å². The predicted molar refractivity (Wildman–Crippen MR) is 73.4 cm³/mol. The molecule has 0 N–H and O–H groups in total. The van der Waals surface area contributed by atoms with Gasteiger partial charge in [0.1, 0.15) is 0 Å². The van der Waals surface area contributed by atoms with Gasteiger partial charge in [0, 0.05) is 11.8 Å². The lowest BCUT2D eigenvalue weighted by molar-refractivity contribution is 0.666. The molecule has 0 nitrogen and oxygen atoms in total. The minimum Gasteiger partial charge on any atom is -0.122 e. The van der Waals surface area contributed by atoms with Crippen LogP contribution in [0.1, 0.15) is 49.3 Å².